The fraction of sp³-hybridized carbons (Fsp3) is 0.467. The molecule has 0 aliphatic heterocycles. The summed E-state index contributed by atoms with van der Waals surface area (Å²) in [5.74, 6) is 0. The van der Waals surface area contributed by atoms with Gasteiger partial charge in [-0.05, 0) is 31.9 Å². The lowest BCUT2D eigenvalue weighted by Crippen LogP contribution is -2.41. The third-order valence-corrected chi connectivity index (χ3v) is 3.43. The molecule has 1 saturated carbocycles. The number of carbonyl (C=O) groups is 1. The Labute approximate surface area is 119 Å². The first-order valence-electron chi connectivity index (χ1n) is 7.05. The summed E-state index contributed by atoms with van der Waals surface area (Å²) in [7, 11) is 0. The molecule has 0 aromatic carbocycles. The maximum atomic E-state index is 11.7. The largest absolute Gasteiger partial charge is 0.335 e. The molecule has 1 aromatic rings. The van der Waals surface area contributed by atoms with Crippen LogP contribution >= 0.6 is 0 Å². The van der Waals surface area contributed by atoms with Gasteiger partial charge in [0, 0.05) is 25.0 Å². The Morgan fingerprint density at radius 3 is 2.90 bits per heavy atom. The number of hydrogen-bond acceptors (Lipinski definition) is 2. The molecule has 2 rings (SSSR count). The Balaban J connectivity index is 1.75. The molecule has 1 aliphatic carbocycles. The fourth-order valence-corrected chi connectivity index (χ4v) is 2.37. The Hall–Kier alpha value is -2.04. The molecule has 2 amide bonds. The SMILES string of the molecule is C=C(/C=C(\C)CNC(=O)NC1CCCC1)n1cccn1. The van der Waals surface area contributed by atoms with Gasteiger partial charge in [0.05, 0.1) is 5.70 Å². The van der Waals surface area contributed by atoms with Crippen molar-refractivity contribution in [3.63, 3.8) is 0 Å². The van der Waals surface area contributed by atoms with Gasteiger partial charge in [0.2, 0.25) is 0 Å². The lowest BCUT2D eigenvalue weighted by atomic mass is 10.2. The van der Waals surface area contributed by atoms with E-state index in [0.717, 1.165) is 24.1 Å². The first kappa shape index (κ1) is 14.4. The molecular weight excluding hydrogens is 252 g/mol. The fourth-order valence-electron chi connectivity index (χ4n) is 2.37. The minimum atomic E-state index is -0.0886. The number of allylic oxidation sites excluding steroid dienone is 2. The van der Waals surface area contributed by atoms with Crippen LogP contribution in [0, 0.1) is 0 Å². The van der Waals surface area contributed by atoms with Gasteiger partial charge in [-0.15, -0.1) is 0 Å². The van der Waals surface area contributed by atoms with Gasteiger partial charge < -0.3 is 10.6 Å². The van der Waals surface area contributed by atoms with Crippen molar-refractivity contribution in [1.82, 2.24) is 20.4 Å². The molecule has 5 nitrogen and oxygen atoms in total. The molecule has 1 fully saturated rings. The molecule has 20 heavy (non-hydrogen) atoms. The molecule has 0 radical (unpaired) electrons. The number of carbonyl (C=O) groups excluding carboxylic acids is 1. The van der Waals surface area contributed by atoms with E-state index in [9.17, 15) is 4.79 Å². The number of urea groups is 1. The van der Waals surface area contributed by atoms with E-state index in [4.69, 9.17) is 0 Å². The number of rotatable bonds is 5. The zero-order valence-electron chi connectivity index (χ0n) is 11.9. The number of hydrogen-bond donors (Lipinski definition) is 2. The summed E-state index contributed by atoms with van der Waals surface area (Å²) in [5.41, 5.74) is 1.82. The molecule has 5 heteroatoms. The predicted octanol–water partition coefficient (Wildman–Crippen LogP) is 2.54. The maximum absolute atomic E-state index is 11.7. The van der Waals surface area contributed by atoms with Crippen LogP contribution in [0.25, 0.3) is 5.70 Å². The van der Waals surface area contributed by atoms with Crippen LogP contribution in [-0.2, 0) is 0 Å². The van der Waals surface area contributed by atoms with Crippen LogP contribution < -0.4 is 10.6 Å². The molecule has 0 atom stereocenters. The van der Waals surface area contributed by atoms with Gasteiger partial charge in [0.25, 0.3) is 0 Å². The summed E-state index contributed by atoms with van der Waals surface area (Å²) in [6.45, 7) is 6.42. The van der Waals surface area contributed by atoms with Gasteiger partial charge in [0.15, 0.2) is 0 Å². The van der Waals surface area contributed by atoms with E-state index in [1.807, 2.05) is 25.3 Å². The highest BCUT2D eigenvalue weighted by Crippen LogP contribution is 2.17. The van der Waals surface area contributed by atoms with Crippen molar-refractivity contribution in [2.45, 2.75) is 38.6 Å². The monoisotopic (exact) mass is 274 g/mol. The van der Waals surface area contributed by atoms with Gasteiger partial charge in [0.1, 0.15) is 0 Å². The average Bonchev–Trinajstić information content (AvgIpc) is 3.09. The van der Waals surface area contributed by atoms with Crippen molar-refractivity contribution < 1.29 is 4.79 Å². The second-order valence-electron chi connectivity index (χ2n) is 5.24. The zero-order chi connectivity index (χ0) is 14.4. The van der Waals surface area contributed by atoms with E-state index in [1.165, 1.54) is 12.8 Å². The lowest BCUT2D eigenvalue weighted by Gasteiger charge is -2.13. The van der Waals surface area contributed by atoms with E-state index >= 15 is 0 Å². The van der Waals surface area contributed by atoms with Crippen LogP contribution in [0.3, 0.4) is 0 Å². The summed E-state index contributed by atoms with van der Waals surface area (Å²) in [6, 6.07) is 2.11. The molecule has 0 bridgehead atoms. The summed E-state index contributed by atoms with van der Waals surface area (Å²) < 4.78 is 1.70. The van der Waals surface area contributed by atoms with Gasteiger partial charge in [-0.1, -0.05) is 25.0 Å². The Kier molecular flexibility index (Phi) is 4.98. The number of amides is 2. The minimum Gasteiger partial charge on any atom is -0.335 e. The second-order valence-corrected chi connectivity index (χ2v) is 5.24. The van der Waals surface area contributed by atoms with E-state index in [0.29, 0.717) is 12.6 Å². The van der Waals surface area contributed by atoms with Gasteiger partial charge in [-0.3, -0.25) is 0 Å². The van der Waals surface area contributed by atoms with Crippen molar-refractivity contribution in [1.29, 1.82) is 0 Å². The van der Waals surface area contributed by atoms with Crippen LogP contribution in [0.5, 0.6) is 0 Å². The highest BCUT2D eigenvalue weighted by atomic mass is 16.2. The smallest absolute Gasteiger partial charge is 0.315 e. The molecule has 1 aliphatic rings. The number of nitrogens with zero attached hydrogens (tertiary/aromatic N) is 2. The second kappa shape index (κ2) is 6.93. The minimum absolute atomic E-state index is 0.0886. The highest BCUT2D eigenvalue weighted by molar-refractivity contribution is 5.74. The van der Waals surface area contributed by atoms with Crippen molar-refractivity contribution in [3.05, 3.63) is 36.7 Å². The Morgan fingerprint density at radius 2 is 2.25 bits per heavy atom. The molecule has 0 unspecified atom stereocenters. The summed E-state index contributed by atoms with van der Waals surface area (Å²) >= 11 is 0. The van der Waals surface area contributed by atoms with E-state index in [2.05, 4.69) is 22.3 Å². The average molecular weight is 274 g/mol. The normalized spacial score (nSPS) is 16.1. The topological polar surface area (TPSA) is 59.0 Å². The molecule has 108 valence electrons. The lowest BCUT2D eigenvalue weighted by molar-refractivity contribution is 0.238. The van der Waals surface area contributed by atoms with Gasteiger partial charge >= 0.3 is 6.03 Å². The van der Waals surface area contributed by atoms with E-state index in [-0.39, 0.29) is 6.03 Å². The number of nitrogens with one attached hydrogen (secondary N) is 2. The summed E-state index contributed by atoms with van der Waals surface area (Å²) in [5, 5.41) is 9.97. The quantitative estimate of drug-likeness (QED) is 0.811. The first-order valence-corrected chi connectivity index (χ1v) is 7.05. The van der Waals surface area contributed by atoms with Crippen LogP contribution in [0.15, 0.2) is 36.7 Å². The van der Waals surface area contributed by atoms with E-state index < -0.39 is 0 Å². The zero-order valence-corrected chi connectivity index (χ0v) is 11.9. The van der Waals surface area contributed by atoms with Crippen molar-refractivity contribution >= 4 is 11.7 Å². The number of aromatic nitrogens is 2. The van der Waals surface area contributed by atoms with E-state index in [1.54, 1.807) is 10.9 Å². The van der Waals surface area contributed by atoms with Crippen LogP contribution in [0.2, 0.25) is 0 Å². The molecular formula is C15H22N4O. The highest BCUT2D eigenvalue weighted by Gasteiger charge is 2.16. The summed E-state index contributed by atoms with van der Waals surface area (Å²) in [4.78, 5) is 11.7. The molecule has 1 heterocycles. The maximum Gasteiger partial charge on any atom is 0.315 e. The standard InChI is InChI=1S/C15H22N4O/c1-12(10-13(2)19-9-5-8-17-19)11-16-15(20)18-14-6-3-4-7-14/h5,8-10,14H,2-4,6-7,11H2,1H3,(H2,16,18,20)/b12-10+. The third-order valence-electron chi connectivity index (χ3n) is 3.43. The van der Waals surface area contributed by atoms with Crippen molar-refractivity contribution in [2.75, 3.05) is 6.54 Å². The van der Waals surface area contributed by atoms with Crippen LogP contribution in [0.4, 0.5) is 4.79 Å². The van der Waals surface area contributed by atoms with Crippen molar-refractivity contribution in [3.8, 4) is 0 Å². The molecule has 1 aromatic heterocycles. The van der Waals surface area contributed by atoms with Gasteiger partial charge in [-0.2, -0.15) is 5.10 Å². The molecule has 2 N–H and O–H groups in total. The van der Waals surface area contributed by atoms with Crippen molar-refractivity contribution in [2.24, 2.45) is 0 Å². The predicted molar refractivity (Wildman–Crippen MR) is 80.1 cm³/mol. The van der Waals surface area contributed by atoms with Crippen LogP contribution in [0.1, 0.15) is 32.6 Å². The van der Waals surface area contributed by atoms with Crippen LogP contribution in [-0.4, -0.2) is 28.4 Å². The third kappa shape index (κ3) is 4.26. The summed E-state index contributed by atoms with van der Waals surface area (Å²) in [6.07, 6.45) is 10.1. The first-order chi connectivity index (χ1) is 9.65. The Bertz CT molecular complexity index is 484. The Morgan fingerprint density at radius 1 is 1.50 bits per heavy atom. The van der Waals surface area contributed by atoms with Gasteiger partial charge in [-0.25, -0.2) is 9.48 Å². The molecule has 0 spiro atoms. The molecule has 0 saturated heterocycles.